The molecule has 0 aromatic carbocycles. The van der Waals surface area contributed by atoms with E-state index in [-0.39, 0.29) is 11.5 Å². The third-order valence-corrected chi connectivity index (χ3v) is 5.02. The number of carbonyl (C=O) groups excluding carboxylic acids is 1. The van der Waals surface area contributed by atoms with Crippen LogP contribution in [0.15, 0.2) is 47.3 Å². The van der Waals surface area contributed by atoms with Crippen molar-refractivity contribution >= 4 is 5.91 Å². The topological polar surface area (TPSA) is 58.8 Å². The van der Waals surface area contributed by atoms with Crippen LogP contribution in [0.5, 0.6) is 0 Å². The highest BCUT2D eigenvalue weighted by molar-refractivity contribution is 5.91. The summed E-state index contributed by atoms with van der Waals surface area (Å²) in [5, 5.41) is 0. The number of ether oxygens (including phenoxy) is 1. The lowest BCUT2D eigenvalue weighted by atomic mass is 9.90. The first-order valence-corrected chi connectivity index (χ1v) is 8.82. The molecular weight excluding hydrogens is 318 g/mol. The molecule has 132 valence electrons. The van der Waals surface area contributed by atoms with Gasteiger partial charge < -0.3 is 14.1 Å². The number of carbonyl (C=O) groups is 1. The number of hydrogen-bond acceptors (Lipinski definition) is 5. The summed E-state index contributed by atoms with van der Waals surface area (Å²) >= 11 is 0. The van der Waals surface area contributed by atoms with Crippen molar-refractivity contribution < 1.29 is 13.9 Å². The Morgan fingerprint density at radius 1 is 1.24 bits per heavy atom. The number of furan rings is 1. The Hall–Kier alpha value is -2.18. The SMILES string of the molecule is O=C(c1ccco1)N1CCC[C@]2(CN(Cc3cccnc3)CCO2)C1. The molecule has 25 heavy (non-hydrogen) atoms. The van der Waals surface area contributed by atoms with Crippen LogP contribution in [0.1, 0.15) is 29.0 Å². The molecule has 2 aromatic heterocycles. The van der Waals surface area contributed by atoms with Crippen molar-refractivity contribution in [2.75, 3.05) is 32.8 Å². The van der Waals surface area contributed by atoms with Crippen LogP contribution < -0.4 is 0 Å². The van der Waals surface area contributed by atoms with E-state index in [9.17, 15) is 4.79 Å². The Bertz CT molecular complexity index is 700. The van der Waals surface area contributed by atoms with Gasteiger partial charge >= 0.3 is 0 Å². The second-order valence-corrected chi connectivity index (χ2v) is 6.91. The number of piperidine rings is 1. The second-order valence-electron chi connectivity index (χ2n) is 6.91. The number of morpholine rings is 1. The van der Waals surface area contributed by atoms with Gasteiger partial charge in [-0.05, 0) is 36.6 Å². The summed E-state index contributed by atoms with van der Waals surface area (Å²) in [6.07, 6.45) is 7.19. The smallest absolute Gasteiger partial charge is 0.289 e. The summed E-state index contributed by atoms with van der Waals surface area (Å²) in [7, 11) is 0. The number of amides is 1. The van der Waals surface area contributed by atoms with E-state index in [4.69, 9.17) is 9.15 Å². The maximum Gasteiger partial charge on any atom is 0.289 e. The van der Waals surface area contributed by atoms with E-state index in [0.717, 1.165) is 39.0 Å². The maximum absolute atomic E-state index is 12.6. The lowest BCUT2D eigenvalue weighted by Gasteiger charge is -2.48. The summed E-state index contributed by atoms with van der Waals surface area (Å²) in [5.74, 6) is 0.358. The second kappa shape index (κ2) is 6.98. The molecule has 2 aromatic rings. The van der Waals surface area contributed by atoms with Crippen molar-refractivity contribution in [1.82, 2.24) is 14.8 Å². The van der Waals surface area contributed by atoms with Crippen molar-refractivity contribution in [2.24, 2.45) is 0 Å². The average Bonchev–Trinajstić information content (AvgIpc) is 3.17. The first kappa shape index (κ1) is 16.3. The molecule has 0 saturated carbocycles. The molecule has 1 amide bonds. The van der Waals surface area contributed by atoms with E-state index in [0.29, 0.717) is 18.9 Å². The van der Waals surface area contributed by atoms with Crippen molar-refractivity contribution in [3.63, 3.8) is 0 Å². The summed E-state index contributed by atoms with van der Waals surface area (Å²) in [4.78, 5) is 21.1. The third-order valence-electron chi connectivity index (χ3n) is 5.02. The zero-order chi connectivity index (χ0) is 17.1. The molecule has 4 rings (SSSR count). The molecule has 6 nitrogen and oxygen atoms in total. The number of rotatable bonds is 3. The van der Waals surface area contributed by atoms with Gasteiger partial charge in [0, 0.05) is 38.6 Å². The van der Waals surface area contributed by atoms with Crippen molar-refractivity contribution in [3.05, 3.63) is 54.2 Å². The van der Waals surface area contributed by atoms with Crippen LogP contribution in [0.25, 0.3) is 0 Å². The van der Waals surface area contributed by atoms with Gasteiger partial charge in [-0.2, -0.15) is 0 Å². The van der Waals surface area contributed by atoms with Crippen LogP contribution >= 0.6 is 0 Å². The standard InChI is InChI=1S/C19H23N3O3/c23-18(17-5-2-10-24-17)22-8-3-6-19(15-22)14-21(9-11-25-19)13-16-4-1-7-20-12-16/h1-2,4-5,7,10,12H,3,6,8-9,11,13-15H2/t19-/m0/s1. The maximum atomic E-state index is 12.6. The fraction of sp³-hybridized carbons (Fsp3) is 0.474. The number of hydrogen-bond donors (Lipinski definition) is 0. The normalized spacial score (nSPS) is 24.6. The van der Waals surface area contributed by atoms with Crippen molar-refractivity contribution in [1.29, 1.82) is 0 Å². The van der Waals surface area contributed by atoms with Crippen LogP contribution in [0.4, 0.5) is 0 Å². The van der Waals surface area contributed by atoms with E-state index >= 15 is 0 Å². The van der Waals surface area contributed by atoms with Gasteiger partial charge in [-0.25, -0.2) is 0 Å². The monoisotopic (exact) mass is 341 g/mol. The van der Waals surface area contributed by atoms with Gasteiger partial charge in [0.05, 0.1) is 25.0 Å². The minimum Gasteiger partial charge on any atom is -0.459 e. The van der Waals surface area contributed by atoms with Crippen LogP contribution in [-0.2, 0) is 11.3 Å². The Morgan fingerprint density at radius 3 is 3.00 bits per heavy atom. The van der Waals surface area contributed by atoms with Gasteiger partial charge in [-0.1, -0.05) is 6.07 Å². The van der Waals surface area contributed by atoms with E-state index < -0.39 is 0 Å². The molecule has 0 bridgehead atoms. The van der Waals surface area contributed by atoms with Gasteiger partial charge in [-0.3, -0.25) is 14.7 Å². The summed E-state index contributed by atoms with van der Waals surface area (Å²) < 4.78 is 11.5. The van der Waals surface area contributed by atoms with Crippen LogP contribution in [-0.4, -0.2) is 59.1 Å². The lowest BCUT2D eigenvalue weighted by molar-refractivity contribution is -0.136. The molecule has 0 radical (unpaired) electrons. The van der Waals surface area contributed by atoms with Gasteiger partial charge in [0.1, 0.15) is 0 Å². The zero-order valence-electron chi connectivity index (χ0n) is 14.3. The molecule has 0 aliphatic carbocycles. The number of nitrogens with zero attached hydrogens (tertiary/aromatic N) is 3. The fourth-order valence-corrected chi connectivity index (χ4v) is 3.88. The van der Waals surface area contributed by atoms with Crippen LogP contribution in [0.2, 0.25) is 0 Å². The molecular formula is C19H23N3O3. The Labute approximate surface area is 147 Å². The molecule has 0 N–H and O–H groups in total. The van der Waals surface area contributed by atoms with Crippen LogP contribution in [0, 0.1) is 0 Å². The average molecular weight is 341 g/mol. The summed E-state index contributed by atoms with van der Waals surface area (Å²) in [5.41, 5.74) is 0.930. The molecule has 0 unspecified atom stereocenters. The number of aromatic nitrogens is 1. The first-order valence-electron chi connectivity index (χ1n) is 8.82. The molecule has 4 heterocycles. The minimum absolute atomic E-state index is 0.0444. The number of likely N-dealkylation sites (tertiary alicyclic amines) is 1. The third kappa shape index (κ3) is 3.60. The van der Waals surface area contributed by atoms with Gasteiger partial charge in [0.2, 0.25) is 0 Å². The lowest BCUT2D eigenvalue weighted by Crippen LogP contribution is -2.60. The Balaban J connectivity index is 1.44. The van der Waals surface area contributed by atoms with Gasteiger partial charge in [-0.15, -0.1) is 0 Å². The number of pyridine rings is 1. The highest BCUT2D eigenvalue weighted by Gasteiger charge is 2.42. The van der Waals surface area contributed by atoms with E-state index in [1.54, 1.807) is 24.6 Å². The summed E-state index contributed by atoms with van der Waals surface area (Å²) in [6.45, 7) is 4.68. The molecule has 2 aliphatic rings. The first-order chi connectivity index (χ1) is 12.2. The van der Waals surface area contributed by atoms with E-state index in [1.807, 2.05) is 17.2 Å². The van der Waals surface area contributed by atoms with Crippen LogP contribution in [0.3, 0.4) is 0 Å². The Morgan fingerprint density at radius 2 is 2.20 bits per heavy atom. The summed E-state index contributed by atoms with van der Waals surface area (Å²) in [6, 6.07) is 7.54. The van der Waals surface area contributed by atoms with E-state index in [2.05, 4.69) is 16.0 Å². The Kier molecular flexibility index (Phi) is 4.55. The van der Waals surface area contributed by atoms with Crippen molar-refractivity contribution in [2.45, 2.75) is 25.0 Å². The van der Waals surface area contributed by atoms with Gasteiger partial charge in [0.25, 0.3) is 5.91 Å². The predicted molar refractivity (Wildman–Crippen MR) is 92.0 cm³/mol. The highest BCUT2D eigenvalue weighted by Crippen LogP contribution is 2.30. The van der Waals surface area contributed by atoms with Gasteiger partial charge in [0.15, 0.2) is 5.76 Å². The van der Waals surface area contributed by atoms with E-state index in [1.165, 1.54) is 5.56 Å². The fourth-order valence-electron chi connectivity index (χ4n) is 3.88. The van der Waals surface area contributed by atoms with Crippen molar-refractivity contribution in [3.8, 4) is 0 Å². The molecule has 1 atom stereocenters. The molecule has 6 heteroatoms. The quantitative estimate of drug-likeness (QED) is 0.856. The molecule has 2 aliphatic heterocycles. The minimum atomic E-state index is -0.277. The largest absolute Gasteiger partial charge is 0.459 e. The molecule has 2 saturated heterocycles. The molecule has 1 spiro atoms. The highest BCUT2D eigenvalue weighted by atomic mass is 16.5. The predicted octanol–water partition coefficient (Wildman–Crippen LogP) is 2.18. The molecule has 2 fully saturated rings. The zero-order valence-corrected chi connectivity index (χ0v) is 14.3.